The largest absolute Gasteiger partial charge is 0.275 e. The molecule has 0 saturated carbocycles. The zero-order chi connectivity index (χ0) is 23.2. The molecule has 0 fully saturated rings. The third kappa shape index (κ3) is 8.02. The van der Waals surface area contributed by atoms with Crippen LogP contribution >= 0.6 is 23.4 Å². The van der Waals surface area contributed by atoms with E-state index in [0.717, 1.165) is 34.0 Å². The van der Waals surface area contributed by atoms with Crippen molar-refractivity contribution in [3.05, 3.63) is 88.4 Å². The molecule has 4 nitrogen and oxygen atoms in total. The number of halogens is 1. The van der Waals surface area contributed by atoms with E-state index in [0.29, 0.717) is 6.42 Å². The van der Waals surface area contributed by atoms with Crippen LogP contribution in [0.15, 0.2) is 82.2 Å². The predicted octanol–water partition coefficient (Wildman–Crippen LogP) is 7.14. The van der Waals surface area contributed by atoms with Crippen LogP contribution in [0, 0.1) is 0 Å². The van der Waals surface area contributed by atoms with Crippen LogP contribution in [0.2, 0.25) is 5.02 Å². The first-order valence-corrected chi connectivity index (χ1v) is 11.5. The number of benzene rings is 2. The lowest BCUT2D eigenvalue weighted by atomic mass is 10.0. The Kier molecular flexibility index (Phi) is 12.6. The van der Waals surface area contributed by atoms with Crippen molar-refractivity contribution in [3.8, 4) is 0 Å². The molecule has 0 saturated heterocycles. The van der Waals surface area contributed by atoms with Crippen LogP contribution in [-0.4, -0.2) is 30.8 Å². The quantitative estimate of drug-likeness (QED) is 0.353. The van der Waals surface area contributed by atoms with Crippen molar-refractivity contribution in [3.63, 3.8) is 0 Å². The SMILES string of the molecule is C=CCC(=O)N(C)OC.CC.CCC1=CSc2ccccc2C(c2ccccc2Cl)=N1. The Morgan fingerprint density at radius 3 is 2.35 bits per heavy atom. The van der Waals surface area contributed by atoms with Gasteiger partial charge in [0.15, 0.2) is 0 Å². The summed E-state index contributed by atoms with van der Waals surface area (Å²) in [6.07, 6.45) is 2.77. The molecule has 166 valence electrons. The summed E-state index contributed by atoms with van der Waals surface area (Å²) >= 11 is 8.09. The van der Waals surface area contributed by atoms with E-state index >= 15 is 0 Å². The number of rotatable bonds is 5. The maximum Gasteiger partial charge on any atom is 0.249 e. The van der Waals surface area contributed by atoms with E-state index in [2.05, 4.69) is 41.9 Å². The molecule has 0 aliphatic carbocycles. The average molecular weight is 459 g/mol. The summed E-state index contributed by atoms with van der Waals surface area (Å²) in [5.74, 6) is -0.0903. The number of thioether (sulfide) groups is 1. The second kappa shape index (κ2) is 14.6. The highest BCUT2D eigenvalue weighted by atomic mass is 35.5. The summed E-state index contributed by atoms with van der Waals surface area (Å²) < 4.78 is 0. The number of carbonyl (C=O) groups is 1. The van der Waals surface area contributed by atoms with Crippen LogP contribution in [0.25, 0.3) is 0 Å². The van der Waals surface area contributed by atoms with Crippen molar-refractivity contribution in [2.75, 3.05) is 14.2 Å². The highest BCUT2D eigenvalue weighted by molar-refractivity contribution is 8.02. The molecule has 0 N–H and O–H groups in total. The number of amides is 1. The van der Waals surface area contributed by atoms with Gasteiger partial charge in [-0.2, -0.15) is 0 Å². The molecule has 0 aromatic heterocycles. The number of hydroxylamine groups is 2. The van der Waals surface area contributed by atoms with Gasteiger partial charge in [-0.3, -0.25) is 14.6 Å². The van der Waals surface area contributed by atoms with Crippen LogP contribution < -0.4 is 0 Å². The van der Waals surface area contributed by atoms with Gasteiger partial charge in [0.2, 0.25) is 5.91 Å². The minimum atomic E-state index is -0.0903. The third-order valence-electron chi connectivity index (χ3n) is 4.15. The van der Waals surface area contributed by atoms with Gasteiger partial charge in [0.05, 0.1) is 12.8 Å². The normalized spacial score (nSPS) is 11.8. The maximum atomic E-state index is 10.7. The van der Waals surface area contributed by atoms with Crippen molar-refractivity contribution in [2.45, 2.75) is 38.5 Å². The van der Waals surface area contributed by atoms with Gasteiger partial charge >= 0.3 is 0 Å². The molecule has 2 aromatic rings. The molecule has 0 atom stereocenters. The fourth-order valence-corrected chi connectivity index (χ4v) is 3.66. The van der Waals surface area contributed by atoms with E-state index in [1.54, 1.807) is 18.8 Å². The molecule has 1 aliphatic rings. The highest BCUT2D eigenvalue weighted by Gasteiger charge is 2.17. The van der Waals surface area contributed by atoms with E-state index in [9.17, 15) is 4.79 Å². The van der Waals surface area contributed by atoms with Gasteiger partial charge in [0.1, 0.15) is 0 Å². The molecule has 0 spiro atoms. The molecule has 6 heteroatoms. The molecule has 31 heavy (non-hydrogen) atoms. The molecule has 2 aromatic carbocycles. The number of carbonyl (C=O) groups excluding carboxylic acids is 1. The van der Waals surface area contributed by atoms with E-state index in [1.807, 2.05) is 44.2 Å². The third-order valence-corrected chi connectivity index (χ3v) is 5.48. The van der Waals surface area contributed by atoms with Gasteiger partial charge in [-0.05, 0) is 24.0 Å². The molecule has 0 unspecified atom stereocenters. The summed E-state index contributed by atoms with van der Waals surface area (Å²) in [6.45, 7) is 9.54. The van der Waals surface area contributed by atoms with Crippen molar-refractivity contribution >= 4 is 35.0 Å². The number of fused-ring (bicyclic) bond motifs is 1. The van der Waals surface area contributed by atoms with Crippen molar-refractivity contribution < 1.29 is 9.63 Å². The molecular weight excluding hydrogens is 428 g/mol. The zero-order valence-electron chi connectivity index (χ0n) is 18.9. The Bertz CT molecular complexity index is 925. The van der Waals surface area contributed by atoms with Crippen LogP contribution in [0.1, 0.15) is 44.7 Å². The summed E-state index contributed by atoms with van der Waals surface area (Å²) in [5, 5.41) is 4.04. The number of allylic oxidation sites excluding steroid dienone is 1. The lowest BCUT2D eigenvalue weighted by molar-refractivity contribution is -0.167. The first kappa shape index (κ1) is 26.7. The molecule has 0 radical (unpaired) electrons. The van der Waals surface area contributed by atoms with E-state index in [4.69, 9.17) is 16.6 Å². The fourth-order valence-electron chi connectivity index (χ4n) is 2.50. The smallest absolute Gasteiger partial charge is 0.249 e. The number of nitrogens with zero attached hydrogens (tertiary/aromatic N) is 2. The summed E-state index contributed by atoms with van der Waals surface area (Å²) in [7, 11) is 3.01. The number of hydrogen-bond donors (Lipinski definition) is 0. The molecule has 1 amide bonds. The van der Waals surface area contributed by atoms with Crippen LogP contribution in [-0.2, 0) is 9.63 Å². The van der Waals surface area contributed by atoms with Gasteiger partial charge in [-0.15, -0.1) is 6.58 Å². The van der Waals surface area contributed by atoms with Gasteiger partial charge in [0, 0.05) is 40.2 Å². The first-order chi connectivity index (χ1) is 15.0. The Morgan fingerprint density at radius 1 is 1.16 bits per heavy atom. The fraction of sp³-hybridized carbons (Fsp3) is 0.280. The van der Waals surface area contributed by atoms with E-state index in [1.165, 1.54) is 23.1 Å². The van der Waals surface area contributed by atoms with Crippen molar-refractivity contribution in [2.24, 2.45) is 4.99 Å². The predicted molar refractivity (Wildman–Crippen MR) is 134 cm³/mol. The Hall–Kier alpha value is -2.34. The summed E-state index contributed by atoms with van der Waals surface area (Å²) in [4.78, 5) is 21.4. The Labute approximate surface area is 195 Å². The second-order valence-electron chi connectivity index (χ2n) is 6.08. The van der Waals surface area contributed by atoms with Crippen LogP contribution in [0.5, 0.6) is 0 Å². The summed E-state index contributed by atoms with van der Waals surface area (Å²) in [6, 6.07) is 16.2. The first-order valence-electron chi connectivity index (χ1n) is 10.2. The van der Waals surface area contributed by atoms with E-state index in [-0.39, 0.29) is 5.91 Å². The van der Waals surface area contributed by atoms with Crippen molar-refractivity contribution in [1.29, 1.82) is 0 Å². The molecule has 3 rings (SSSR count). The minimum Gasteiger partial charge on any atom is -0.275 e. The average Bonchev–Trinajstić information content (AvgIpc) is 3.00. The molecule has 1 aliphatic heterocycles. The summed E-state index contributed by atoms with van der Waals surface area (Å²) in [5.41, 5.74) is 4.18. The monoisotopic (exact) mass is 458 g/mol. The molecule has 1 heterocycles. The topological polar surface area (TPSA) is 41.9 Å². The lowest BCUT2D eigenvalue weighted by Gasteiger charge is -2.11. The van der Waals surface area contributed by atoms with Crippen LogP contribution in [0.4, 0.5) is 0 Å². The highest BCUT2D eigenvalue weighted by Crippen LogP contribution is 2.33. The standard InChI is InChI=1S/C17H14ClNS.C6H11NO2.C2H6/c1-2-12-11-20-16-10-6-4-8-14(16)17(19-12)13-7-3-5-9-15(13)18;1-4-5-6(8)7(2)9-3;1-2/h3-11H,2H2,1H3;4H,1,5H2,2-3H3;1-2H3. The van der Waals surface area contributed by atoms with E-state index < -0.39 is 0 Å². The van der Waals surface area contributed by atoms with Gasteiger partial charge in [0.25, 0.3) is 0 Å². The minimum absolute atomic E-state index is 0.0903. The lowest BCUT2D eigenvalue weighted by Crippen LogP contribution is -2.24. The Morgan fingerprint density at radius 2 is 1.77 bits per heavy atom. The van der Waals surface area contributed by atoms with Gasteiger partial charge < -0.3 is 0 Å². The van der Waals surface area contributed by atoms with Crippen LogP contribution in [0.3, 0.4) is 0 Å². The number of aliphatic imine (C=N–C) groups is 1. The molecular formula is C25H31ClN2O2S. The van der Waals surface area contributed by atoms with Gasteiger partial charge in [-0.25, -0.2) is 5.06 Å². The number of hydrogen-bond acceptors (Lipinski definition) is 4. The molecule has 0 bridgehead atoms. The zero-order valence-corrected chi connectivity index (χ0v) is 20.5. The van der Waals surface area contributed by atoms with Crippen molar-refractivity contribution in [1.82, 2.24) is 5.06 Å². The van der Waals surface area contributed by atoms with Gasteiger partial charge in [-0.1, -0.05) is 86.6 Å². The second-order valence-corrected chi connectivity index (χ2v) is 7.40. The Balaban J connectivity index is 0.000000372. The maximum absolute atomic E-state index is 10.7.